The number of ketones is 1. The molecule has 1 N–H and O–H groups in total. The molecule has 0 amide bonds. The largest absolute Gasteiger partial charge is 0.362 e. The summed E-state index contributed by atoms with van der Waals surface area (Å²) in [6, 6.07) is 2.19. The summed E-state index contributed by atoms with van der Waals surface area (Å²) in [6.45, 7) is 8.00. The van der Waals surface area contributed by atoms with E-state index in [0.29, 0.717) is 11.8 Å². The Morgan fingerprint density at radius 3 is 2.79 bits per heavy atom. The zero-order valence-electron chi connectivity index (χ0n) is 11.6. The highest BCUT2D eigenvalue weighted by Gasteiger charge is 2.14. The van der Waals surface area contributed by atoms with Gasteiger partial charge in [0.15, 0.2) is 10.9 Å². The van der Waals surface area contributed by atoms with Crippen molar-refractivity contribution in [3.8, 4) is 0 Å². The van der Waals surface area contributed by atoms with Crippen molar-refractivity contribution in [2.75, 3.05) is 5.75 Å². The molecule has 5 nitrogen and oxygen atoms in total. The van der Waals surface area contributed by atoms with E-state index in [1.54, 1.807) is 6.33 Å². The summed E-state index contributed by atoms with van der Waals surface area (Å²) >= 11 is 1.43. The lowest BCUT2D eigenvalue weighted by Gasteiger charge is -2.08. The third-order valence-corrected chi connectivity index (χ3v) is 3.84. The molecule has 0 bridgehead atoms. The Labute approximate surface area is 116 Å². The number of hydrogen-bond acceptors (Lipinski definition) is 4. The predicted molar refractivity (Wildman–Crippen MR) is 75.7 cm³/mol. The summed E-state index contributed by atoms with van der Waals surface area (Å²) in [5, 5.41) is 8.72. The molecule has 102 valence electrons. The lowest BCUT2D eigenvalue weighted by molar-refractivity contribution is 0.102. The highest BCUT2D eigenvalue weighted by molar-refractivity contribution is 7.99. The molecule has 0 spiro atoms. The van der Waals surface area contributed by atoms with Gasteiger partial charge in [-0.15, -0.1) is 10.2 Å². The summed E-state index contributed by atoms with van der Waals surface area (Å²) < 4.78 is 1.97. The molecule has 0 unspecified atom stereocenters. The van der Waals surface area contributed by atoms with Crippen molar-refractivity contribution in [2.24, 2.45) is 0 Å². The molecule has 0 aliphatic heterocycles. The second kappa shape index (κ2) is 5.61. The van der Waals surface area contributed by atoms with Crippen molar-refractivity contribution in [3.63, 3.8) is 0 Å². The molecule has 0 atom stereocenters. The minimum Gasteiger partial charge on any atom is -0.362 e. The first kappa shape index (κ1) is 13.9. The number of nitrogens with zero attached hydrogens (tertiary/aromatic N) is 3. The Kier molecular flexibility index (Phi) is 4.09. The molecule has 0 saturated heterocycles. The smallest absolute Gasteiger partial charge is 0.191 e. The molecule has 6 heteroatoms. The molecule has 0 radical (unpaired) electrons. The Morgan fingerprint density at radius 1 is 1.47 bits per heavy atom. The van der Waals surface area contributed by atoms with Crippen molar-refractivity contribution in [3.05, 3.63) is 29.3 Å². The minimum absolute atomic E-state index is 0.116. The lowest BCUT2D eigenvalue weighted by atomic mass is 10.2. The van der Waals surface area contributed by atoms with Crippen LogP contribution in [0.3, 0.4) is 0 Å². The molecule has 0 aliphatic rings. The van der Waals surface area contributed by atoms with Gasteiger partial charge >= 0.3 is 0 Å². The standard InChI is InChI=1S/C13H18N4OS/c1-8(2)17-7-14-16-13(17)19-6-12(18)11-5-9(3)15-10(11)4/h5,7-8,15H,6H2,1-4H3. The van der Waals surface area contributed by atoms with E-state index in [1.807, 2.05) is 24.5 Å². The van der Waals surface area contributed by atoms with Crippen LogP contribution < -0.4 is 0 Å². The molecule has 19 heavy (non-hydrogen) atoms. The summed E-state index contributed by atoms with van der Waals surface area (Å²) in [7, 11) is 0. The third-order valence-electron chi connectivity index (χ3n) is 2.88. The minimum atomic E-state index is 0.116. The Bertz CT molecular complexity index is 585. The van der Waals surface area contributed by atoms with Crippen molar-refractivity contribution >= 4 is 17.5 Å². The molecular formula is C13H18N4OS. The van der Waals surface area contributed by atoms with Gasteiger partial charge in [0.25, 0.3) is 0 Å². The van der Waals surface area contributed by atoms with E-state index in [0.717, 1.165) is 22.1 Å². The number of nitrogens with one attached hydrogen (secondary N) is 1. The average Bonchev–Trinajstić information content (AvgIpc) is 2.92. The van der Waals surface area contributed by atoms with Crippen molar-refractivity contribution in [1.82, 2.24) is 19.7 Å². The highest BCUT2D eigenvalue weighted by atomic mass is 32.2. The van der Waals surface area contributed by atoms with Crippen molar-refractivity contribution in [2.45, 2.75) is 38.9 Å². The molecule has 2 aromatic rings. The fourth-order valence-electron chi connectivity index (χ4n) is 1.91. The Hall–Kier alpha value is -1.56. The number of carbonyl (C=O) groups is 1. The summed E-state index contributed by atoms with van der Waals surface area (Å²) in [5.41, 5.74) is 2.70. The van der Waals surface area contributed by atoms with Gasteiger partial charge in [0, 0.05) is 23.0 Å². The second-order valence-electron chi connectivity index (χ2n) is 4.82. The molecular weight excluding hydrogens is 260 g/mol. The zero-order chi connectivity index (χ0) is 14.0. The first-order chi connectivity index (χ1) is 8.99. The maximum atomic E-state index is 12.2. The maximum Gasteiger partial charge on any atom is 0.191 e. The summed E-state index contributed by atoms with van der Waals surface area (Å²) in [4.78, 5) is 15.3. The van der Waals surface area contributed by atoms with Crippen LogP contribution in [0.4, 0.5) is 0 Å². The van der Waals surface area contributed by atoms with Gasteiger partial charge in [-0.25, -0.2) is 0 Å². The quantitative estimate of drug-likeness (QED) is 0.674. The number of Topliss-reactive ketones (excluding diaryl/α,β-unsaturated/α-hetero) is 1. The van der Waals surface area contributed by atoms with Gasteiger partial charge in [0.2, 0.25) is 0 Å². The van der Waals surface area contributed by atoms with Crippen LogP contribution in [0.25, 0.3) is 0 Å². The molecule has 2 heterocycles. The number of rotatable bonds is 5. The van der Waals surface area contributed by atoms with E-state index >= 15 is 0 Å². The topological polar surface area (TPSA) is 63.6 Å². The third kappa shape index (κ3) is 3.07. The van der Waals surface area contributed by atoms with E-state index in [2.05, 4.69) is 29.0 Å². The normalized spacial score (nSPS) is 11.2. The van der Waals surface area contributed by atoms with Gasteiger partial charge in [-0.2, -0.15) is 0 Å². The monoisotopic (exact) mass is 278 g/mol. The van der Waals surface area contributed by atoms with Crippen LogP contribution in [0.5, 0.6) is 0 Å². The molecule has 2 rings (SSSR count). The molecule has 2 aromatic heterocycles. The predicted octanol–water partition coefficient (Wildman–Crippen LogP) is 2.78. The summed E-state index contributed by atoms with van der Waals surface area (Å²) in [5.74, 6) is 0.494. The van der Waals surface area contributed by atoms with Crippen LogP contribution in [-0.4, -0.2) is 31.3 Å². The number of thioether (sulfide) groups is 1. The van der Waals surface area contributed by atoms with E-state index in [9.17, 15) is 4.79 Å². The molecule has 0 aliphatic carbocycles. The number of aromatic amines is 1. The number of aryl methyl sites for hydroxylation is 2. The van der Waals surface area contributed by atoms with Crippen LogP contribution in [0, 0.1) is 13.8 Å². The van der Waals surface area contributed by atoms with Crippen LogP contribution in [0.1, 0.15) is 41.6 Å². The van der Waals surface area contributed by atoms with Crippen LogP contribution in [0.2, 0.25) is 0 Å². The van der Waals surface area contributed by atoms with Gasteiger partial charge in [-0.1, -0.05) is 11.8 Å². The first-order valence-electron chi connectivity index (χ1n) is 6.20. The highest BCUT2D eigenvalue weighted by Crippen LogP contribution is 2.21. The number of carbonyl (C=O) groups excluding carboxylic acids is 1. The number of H-pyrrole nitrogens is 1. The van der Waals surface area contributed by atoms with Crippen LogP contribution in [0.15, 0.2) is 17.6 Å². The number of aromatic nitrogens is 4. The SMILES string of the molecule is Cc1cc(C(=O)CSc2nncn2C(C)C)c(C)[nH]1. The van der Waals surface area contributed by atoms with Gasteiger partial charge in [-0.05, 0) is 33.8 Å². The Morgan fingerprint density at radius 2 is 2.21 bits per heavy atom. The van der Waals surface area contributed by atoms with Gasteiger partial charge in [0.05, 0.1) is 5.75 Å². The van der Waals surface area contributed by atoms with Gasteiger partial charge in [0.1, 0.15) is 6.33 Å². The zero-order valence-corrected chi connectivity index (χ0v) is 12.4. The number of hydrogen-bond donors (Lipinski definition) is 1. The first-order valence-corrected chi connectivity index (χ1v) is 7.19. The Balaban J connectivity index is 2.04. The fraction of sp³-hybridized carbons (Fsp3) is 0.462. The average molecular weight is 278 g/mol. The molecule has 0 saturated carbocycles. The molecule has 0 aromatic carbocycles. The second-order valence-corrected chi connectivity index (χ2v) is 5.76. The molecule has 0 fully saturated rings. The fourth-order valence-corrected chi connectivity index (χ4v) is 2.84. The maximum absolute atomic E-state index is 12.2. The van der Waals surface area contributed by atoms with E-state index in [-0.39, 0.29) is 5.78 Å². The lowest BCUT2D eigenvalue weighted by Crippen LogP contribution is -2.06. The van der Waals surface area contributed by atoms with Crippen molar-refractivity contribution in [1.29, 1.82) is 0 Å². The van der Waals surface area contributed by atoms with E-state index in [1.165, 1.54) is 11.8 Å². The van der Waals surface area contributed by atoms with Gasteiger partial charge < -0.3 is 9.55 Å². The van der Waals surface area contributed by atoms with Crippen molar-refractivity contribution < 1.29 is 4.79 Å². The van der Waals surface area contributed by atoms with E-state index < -0.39 is 0 Å². The summed E-state index contributed by atoms with van der Waals surface area (Å²) in [6.07, 6.45) is 1.70. The van der Waals surface area contributed by atoms with Crippen LogP contribution in [-0.2, 0) is 0 Å². The van der Waals surface area contributed by atoms with Crippen LogP contribution >= 0.6 is 11.8 Å². The van der Waals surface area contributed by atoms with E-state index in [4.69, 9.17) is 0 Å². The van der Waals surface area contributed by atoms with Gasteiger partial charge in [-0.3, -0.25) is 4.79 Å².